The molecule has 0 radical (unpaired) electrons. The van der Waals surface area contributed by atoms with E-state index in [1.165, 1.54) is 0 Å². The molecule has 1 unspecified atom stereocenters. The van der Waals surface area contributed by atoms with Crippen LogP contribution in [0.15, 0.2) is 28.8 Å². The first kappa shape index (κ1) is 13.7. The zero-order valence-electron chi connectivity index (χ0n) is 11.5. The summed E-state index contributed by atoms with van der Waals surface area (Å²) in [5.41, 5.74) is 1.06. The number of aromatic nitrogens is 1. The summed E-state index contributed by atoms with van der Waals surface area (Å²) < 4.78 is 19.6. The molecule has 0 saturated carbocycles. The summed E-state index contributed by atoms with van der Waals surface area (Å²) in [5, 5.41) is 3.29. The lowest BCUT2D eigenvalue weighted by Crippen LogP contribution is -2.19. The SMILES string of the molecule is CCCNC(C)c1ncc(-c2cccc(C)c2F)o1. The Bertz CT molecular complexity index is 551. The van der Waals surface area contributed by atoms with Gasteiger partial charge in [0.1, 0.15) is 5.82 Å². The van der Waals surface area contributed by atoms with Gasteiger partial charge in [0.25, 0.3) is 0 Å². The Morgan fingerprint density at radius 2 is 2.21 bits per heavy atom. The molecule has 1 aromatic heterocycles. The van der Waals surface area contributed by atoms with Crippen LogP contribution in [0, 0.1) is 12.7 Å². The van der Waals surface area contributed by atoms with Crippen molar-refractivity contribution in [3.05, 3.63) is 41.7 Å². The van der Waals surface area contributed by atoms with Crippen LogP contribution in [0.5, 0.6) is 0 Å². The molecule has 1 N–H and O–H groups in total. The molecule has 0 saturated heterocycles. The van der Waals surface area contributed by atoms with Crippen molar-refractivity contribution < 1.29 is 8.81 Å². The molecule has 19 heavy (non-hydrogen) atoms. The summed E-state index contributed by atoms with van der Waals surface area (Å²) in [5.74, 6) is 0.810. The fraction of sp³-hybridized carbons (Fsp3) is 0.400. The number of nitrogens with one attached hydrogen (secondary N) is 1. The van der Waals surface area contributed by atoms with Gasteiger partial charge >= 0.3 is 0 Å². The van der Waals surface area contributed by atoms with E-state index < -0.39 is 0 Å². The molecule has 1 aromatic carbocycles. The normalized spacial score (nSPS) is 12.6. The van der Waals surface area contributed by atoms with Gasteiger partial charge in [-0.3, -0.25) is 0 Å². The Labute approximate surface area is 112 Å². The van der Waals surface area contributed by atoms with E-state index in [9.17, 15) is 4.39 Å². The predicted octanol–water partition coefficient (Wildman–Crippen LogP) is 3.85. The van der Waals surface area contributed by atoms with Crippen LogP contribution in [-0.4, -0.2) is 11.5 Å². The predicted molar refractivity (Wildman–Crippen MR) is 73.3 cm³/mol. The second-order valence-electron chi connectivity index (χ2n) is 4.68. The first-order chi connectivity index (χ1) is 9.13. The van der Waals surface area contributed by atoms with E-state index in [0.717, 1.165) is 13.0 Å². The number of hydrogen-bond acceptors (Lipinski definition) is 3. The Morgan fingerprint density at radius 1 is 1.42 bits per heavy atom. The highest BCUT2D eigenvalue weighted by Gasteiger charge is 2.15. The molecule has 2 rings (SSSR count). The first-order valence-corrected chi connectivity index (χ1v) is 6.58. The van der Waals surface area contributed by atoms with Crippen molar-refractivity contribution >= 4 is 0 Å². The topological polar surface area (TPSA) is 38.1 Å². The highest BCUT2D eigenvalue weighted by atomic mass is 19.1. The Hall–Kier alpha value is -1.68. The molecule has 0 bridgehead atoms. The highest BCUT2D eigenvalue weighted by Crippen LogP contribution is 2.26. The molecule has 0 aliphatic carbocycles. The Balaban J connectivity index is 2.23. The third kappa shape index (κ3) is 3.01. The smallest absolute Gasteiger partial charge is 0.211 e. The minimum Gasteiger partial charge on any atom is -0.439 e. The second kappa shape index (κ2) is 5.97. The van der Waals surface area contributed by atoms with Crippen LogP contribution >= 0.6 is 0 Å². The van der Waals surface area contributed by atoms with Crippen LogP contribution in [-0.2, 0) is 0 Å². The maximum absolute atomic E-state index is 14.0. The molecular weight excluding hydrogens is 243 g/mol. The largest absolute Gasteiger partial charge is 0.439 e. The van der Waals surface area contributed by atoms with Gasteiger partial charge < -0.3 is 9.73 Å². The maximum Gasteiger partial charge on any atom is 0.211 e. The second-order valence-corrected chi connectivity index (χ2v) is 4.68. The summed E-state index contributed by atoms with van der Waals surface area (Å²) in [4.78, 5) is 4.22. The lowest BCUT2D eigenvalue weighted by Gasteiger charge is -2.08. The van der Waals surface area contributed by atoms with Crippen molar-refractivity contribution in [2.45, 2.75) is 33.2 Å². The van der Waals surface area contributed by atoms with E-state index in [-0.39, 0.29) is 11.9 Å². The van der Waals surface area contributed by atoms with Crippen molar-refractivity contribution in [1.29, 1.82) is 0 Å². The molecule has 0 aliphatic heterocycles. The molecule has 4 heteroatoms. The van der Waals surface area contributed by atoms with Crippen molar-refractivity contribution in [3.63, 3.8) is 0 Å². The van der Waals surface area contributed by atoms with Crippen LogP contribution in [0.4, 0.5) is 4.39 Å². The van der Waals surface area contributed by atoms with Gasteiger partial charge in [-0.2, -0.15) is 0 Å². The standard InChI is InChI=1S/C15H19FN2O/c1-4-8-17-11(3)15-18-9-13(19-15)12-7-5-6-10(2)14(12)16/h5-7,9,11,17H,4,8H2,1-3H3. The van der Waals surface area contributed by atoms with Gasteiger partial charge in [-0.05, 0) is 38.4 Å². The van der Waals surface area contributed by atoms with Gasteiger partial charge in [-0.1, -0.05) is 19.1 Å². The molecule has 0 fully saturated rings. The molecule has 0 amide bonds. The lowest BCUT2D eigenvalue weighted by atomic mass is 10.1. The minimum absolute atomic E-state index is 0.0292. The quantitative estimate of drug-likeness (QED) is 0.889. The van der Waals surface area contributed by atoms with Gasteiger partial charge in [0, 0.05) is 0 Å². The third-order valence-corrected chi connectivity index (χ3v) is 3.05. The molecule has 1 atom stereocenters. The molecule has 0 aliphatic rings. The van der Waals surface area contributed by atoms with E-state index in [1.54, 1.807) is 25.3 Å². The average Bonchev–Trinajstić information content (AvgIpc) is 2.88. The minimum atomic E-state index is -0.251. The first-order valence-electron chi connectivity index (χ1n) is 6.58. The molecule has 2 aromatic rings. The van der Waals surface area contributed by atoms with Crippen LogP contribution in [0.2, 0.25) is 0 Å². The average molecular weight is 262 g/mol. The van der Waals surface area contributed by atoms with Gasteiger partial charge in [-0.25, -0.2) is 9.37 Å². The van der Waals surface area contributed by atoms with E-state index in [4.69, 9.17) is 4.42 Å². The monoisotopic (exact) mass is 262 g/mol. The summed E-state index contributed by atoms with van der Waals surface area (Å²) in [6.07, 6.45) is 2.63. The van der Waals surface area contributed by atoms with E-state index >= 15 is 0 Å². The van der Waals surface area contributed by atoms with E-state index in [0.29, 0.717) is 22.8 Å². The number of oxazole rings is 1. The Kier molecular flexibility index (Phi) is 4.32. The summed E-state index contributed by atoms with van der Waals surface area (Å²) in [7, 11) is 0. The summed E-state index contributed by atoms with van der Waals surface area (Å²) in [6.45, 7) is 6.72. The number of rotatable bonds is 5. The van der Waals surface area contributed by atoms with E-state index in [1.807, 2.05) is 13.0 Å². The zero-order valence-corrected chi connectivity index (χ0v) is 11.5. The lowest BCUT2D eigenvalue weighted by molar-refractivity contribution is 0.422. The van der Waals surface area contributed by atoms with Crippen LogP contribution < -0.4 is 5.32 Å². The molecular formula is C15H19FN2O. The van der Waals surface area contributed by atoms with Gasteiger partial charge in [0.05, 0.1) is 17.8 Å². The molecule has 0 spiro atoms. The van der Waals surface area contributed by atoms with Gasteiger partial charge in [0.15, 0.2) is 5.76 Å². The van der Waals surface area contributed by atoms with Crippen molar-refractivity contribution in [2.24, 2.45) is 0 Å². The van der Waals surface area contributed by atoms with Crippen molar-refractivity contribution in [1.82, 2.24) is 10.3 Å². The van der Waals surface area contributed by atoms with Gasteiger partial charge in [-0.15, -0.1) is 0 Å². The molecule has 3 nitrogen and oxygen atoms in total. The molecule has 1 heterocycles. The highest BCUT2D eigenvalue weighted by molar-refractivity contribution is 5.58. The van der Waals surface area contributed by atoms with Gasteiger partial charge in [0.2, 0.25) is 5.89 Å². The maximum atomic E-state index is 14.0. The number of aryl methyl sites for hydroxylation is 1. The van der Waals surface area contributed by atoms with Crippen LogP contribution in [0.3, 0.4) is 0 Å². The van der Waals surface area contributed by atoms with E-state index in [2.05, 4.69) is 17.2 Å². The number of hydrogen-bond donors (Lipinski definition) is 1. The van der Waals surface area contributed by atoms with Crippen LogP contribution in [0.1, 0.15) is 37.8 Å². The molecule has 102 valence electrons. The number of nitrogens with zero attached hydrogens (tertiary/aromatic N) is 1. The Morgan fingerprint density at radius 3 is 2.95 bits per heavy atom. The zero-order chi connectivity index (χ0) is 13.8. The number of halogens is 1. The van der Waals surface area contributed by atoms with Crippen molar-refractivity contribution in [3.8, 4) is 11.3 Å². The fourth-order valence-corrected chi connectivity index (χ4v) is 1.90. The van der Waals surface area contributed by atoms with Crippen LogP contribution in [0.25, 0.3) is 11.3 Å². The fourth-order valence-electron chi connectivity index (χ4n) is 1.90. The summed E-state index contributed by atoms with van der Waals surface area (Å²) >= 11 is 0. The number of benzene rings is 1. The summed E-state index contributed by atoms with van der Waals surface area (Å²) in [6, 6.07) is 5.29. The van der Waals surface area contributed by atoms with Crippen molar-refractivity contribution in [2.75, 3.05) is 6.54 Å². The third-order valence-electron chi connectivity index (χ3n) is 3.05.